The van der Waals surface area contributed by atoms with E-state index in [-0.39, 0.29) is 0 Å². The second-order valence-electron chi connectivity index (χ2n) is 6.46. The van der Waals surface area contributed by atoms with Gasteiger partial charge in [-0.1, -0.05) is 36.4 Å². The topological polar surface area (TPSA) is 58.3 Å². The molecular formula is C20H26N6S. The molecule has 0 aliphatic carbocycles. The van der Waals surface area contributed by atoms with E-state index in [9.17, 15) is 0 Å². The third kappa shape index (κ3) is 5.40. The van der Waals surface area contributed by atoms with E-state index >= 15 is 0 Å². The summed E-state index contributed by atoms with van der Waals surface area (Å²) in [6.45, 7) is 4.08. The van der Waals surface area contributed by atoms with E-state index in [4.69, 9.17) is 4.99 Å². The third-order valence-electron chi connectivity index (χ3n) is 4.41. The van der Waals surface area contributed by atoms with Gasteiger partial charge in [0.15, 0.2) is 11.8 Å². The van der Waals surface area contributed by atoms with Gasteiger partial charge in [0.1, 0.15) is 12.4 Å². The van der Waals surface area contributed by atoms with Crippen LogP contribution in [0.3, 0.4) is 0 Å². The van der Waals surface area contributed by atoms with Crippen LogP contribution in [0.5, 0.6) is 0 Å². The number of hydrogen-bond donors (Lipinski definition) is 1. The van der Waals surface area contributed by atoms with Gasteiger partial charge < -0.3 is 14.8 Å². The second kappa shape index (κ2) is 9.32. The van der Waals surface area contributed by atoms with E-state index in [0.29, 0.717) is 6.54 Å². The molecule has 0 bridgehead atoms. The first-order valence-corrected chi connectivity index (χ1v) is 9.92. The molecule has 0 fully saturated rings. The molecule has 0 saturated carbocycles. The Morgan fingerprint density at radius 1 is 1.19 bits per heavy atom. The lowest BCUT2D eigenvalue weighted by Crippen LogP contribution is -2.39. The summed E-state index contributed by atoms with van der Waals surface area (Å²) in [5.41, 5.74) is 1.25. The van der Waals surface area contributed by atoms with Gasteiger partial charge in [0.2, 0.25) is 0 Å². The average molecular weight is 383 g/mol. The molecule has 6 nitrogen and oxygen atoms in total. The molecule has 1 N–H and O–H groups in total. The van der Waals surface area contributed by atoms with Crippen molar-refractivity contribution in [2.24, 2.45) is 12.0 Å². The molecule has 3 aromatic rings. The monoisotopic (exact) mass is 382 g/mol. The number of aryl methyl sites for hydroxylation is 1. The molecule has 0 radical (unpaired) electrons. The van der Waals surface area contributed by atoms with E-state index in [1.165, 1.54) is 10.4 Å². The maximum Gasteiger partial charge on any atom is 0.194 e. The summed E-state index contributed by atoms with van der Waals surface area (Å²) in [5, 5.41) is 13.9. The molecule has 0 spiro atoms. The molecule has 2 heterocycles. The standard InChI is InChI=1S/C20H26N6S/c1-16-23-24-19(26(16)3)14-22-20(21-12-11-18-10-7-13-27-18)25(2)15-17-8-5-4-6-9-17/h4-10,13H,11-12,14-15H2,1-3H3,(H,21,22). The Morgan fingerprint density at radius 2 is 2.00 bits per heavy atom. The summed E-state index contributed by atoms with van der Waals surface area (Å²) in [6, 6.07) is 14.7. The lowest BCUT2D eigenvalue weighted by molar-refractivity contribution is 0.474. The Kier molecular flexibility index (Phi) is 6.59. The van der Waals surface area contributed by atoms with Crippen molar-refractivity contribution in [3.05, 3.63) is 69.9 Å². The Labute approximate surface area is 164 Å². The van der Waals surface area contributed by atoms with Crippen LogP contribution in [0.2, 0.25) is 0 Å². The lowest BCUT2D eigenvalue weighted by Gasteiger charge is -2.22. The summed E-state index contributed by atoms with van der Waals surface area (Å²) in [4.78, 5) is 8.31. The summed E-state index contributed by atoms with van der Waals surface area (Å²) < 4.78 is 1.98. The summed E-state index contributed by atoms with van der Waals surface area (Å²) in [7, 11) is 4.03. The highest BCUT2D eigenvalue weighted by molar-refractivity contribution is 7.09. The molecule has 0 aliphatic heterocycles. The molecule has 7 heteroatoms. The Balaban J connectivity index is 1.68. The number of nitrogens with one attached hydrogen (secondary N) is 1. The minimum Gasteiger partial charge on any atom is -0.356 e. The average Bonchev–Trinajstić information content (AvgIpc) is 3.30. The van der Waals surface area contributed by atoms with Crippen LogP contribution in [-0.2, 0) is 26.6 Å². The Morgan fingerprint density at radius 3 is 2.67 bits per heavy atom. The van der Waals surface area contributed by atoms with Gasteiger partial charge in [-0.25, -0.2) is 4.99 Å². The summed E-state index contributed by atoms with van der Waals surface area (Å²) in [6.07, 6.45) is 0.985. The zero-order valence-electron chi connectivity index (χ0n) is 16.1. The van der Waals surface area contributed by atoms with E-state index in [0.717, 1.165) is 37.1 Å². The number of hydrogen-bond acceptors (Lipinski definition) is 4. The first-order chi connectivity index (χ1) is 13.1. The molecule has 0 aliphatic rings. The highest BCUT2D eigenvalue weighted by Crippen LogP contribution is 2.09. The quantitative estimate of drug-likeness (QED) is 0.504. The molecule has 1 aromatic carbocycles. The first kappa shape index (κ1) is 19.1. The van der Waals surface area contributed by atoms with Crippen LogP contribution in [0.4, 0.5) is 0 Å². The molecular weight excluding hydrogens is 356 g/mol. The number of aromatic nitrogens is 3. The first-order valence-electron chi connectivity index (χ1n) is 9.04. The zero-order chi connectivity index (χ0) is 19.1. The lowest BCUT2D eigenvalue weighted by atomic mass is 10.2. The SMILES string of the molecule is Cc1nnc(CN=C(NCCc2cccs2)N(C)Cc2ccccc2)n1C. The summed E-state index contributed by atoms with van der Waals surface area (Å²) in [5.74, 6) is 2.62. The molecule has 2 aromatic heterocycles. The molecule has 3 rings (SSSR count). The number of aliphatic imine (C=N–C) groups is 1. The summed E-state index contributed by atoms with van der Waals surface area (Å²) >= 11 is 1.79. The van der Waals surface area contributed by atoms with Crippen LogP contribution in [0.1, 0.15) is 22.1 Å². The van der Waals surface area contributed by atoms with Gasteiger partial charge in [0, 0.05) is 32.1 Å². The highest BCUT2D eigenvalue weighted by Gasteiger charge is 2.09. The molecule has 0 unspecified atom stereocenters. The minimum atomic E-state index is 0.498. The van der Waals surface area contributed by atoms with Crippen molar-refractivity contribution in [3.63, 3.8) is 0 Å². The fourth-order valence-electron chi connectivity index (χ4n) is 2.73. The van der Waals surface area contributed by atoms with Gasteiger partial charge >= 0.3 is 0 Å². The van der Waals surface area contributed by atoms with Gasteiger partial charge in [0.25, 0.3) is 0 Å². The Bertz CT molecular complexity index is 854. The van der Waals surface area contributed by atoms with E-state index in [1.807, 2.05) is 24.6 Å². The fraction of sp³-hybridized carbons (Fsp3) is 0.350. The zero-order valence-corrected chi connectivity index (χ0v) is 16.9. The van der Waals surface area contributed by atoms with Gasteiger partial charge in [-0.2, -0.15) is 0 Å². The van der Waals surface area contributed by atoms with Gasteiger partial charge in [-0.15, -0.1) is 21.5 Å². The van der Waals surface area contributed by atoms with Crippen molar-refractivity contribution >= 4 is 17.3 Å². The largest absolute Gasteiger partial charge is 0.356 e. The highest BCUT2D eigenvalue weighted by atomic mass is 32.1. The Hall–Kier alpha value is -2.67. The fourth-order valence-corrected chi connectivity index (χ4v) is 3.44. The van der Waals surface area contributed by atoms with Crippen LogP contribution < -0.4 is 5.32 Å². The molecule has 0 amide bonds. The maximum atomic E-state index is 4.79. The van der Waals surface area contributed by atoms with E-state index in [2.05, 4.69) is 69.2 Å². The van der Waals surface area contributed by atoms with Crippen molar-refractivity contribution in [3.8, 4) is 0 Å². The van der Waals surface area contributed by atoms with Crippen LogP contribution in [0.25, 0.3) is 0 Å². The molecule has 0 atom stereocenters. The van der Waals surface area contributed by atoms with Crippen LogP contribution >= 0.6 is 11.3 Å². The maximum absolute atomic E-state index is 4.79. The number of nitrogens with zero attached hydrogens (tertiary/aromatic N) is 5. The molecule has 142 valence electrons. The van der Waals surface area contributed by atoms with E-state index in [1.54, 1.807) is 11.3 Å². The van der Waals surface area contributed by atoms with Crippen LogP contribution in [0, 0.1) is 6.92 Å². The van der Waals surface area contributed by atoms with Crippen molar-refractivity contribution in [1.29, 1.82) is 0 Å². The second-order valence-corrected chi connectivity index (χ2v) is 7.49. The number of thiophene rings is 1. The van der Waals surface area contributed by atoms with Crippen molar-refractivity contribution < 1.29 is 0 Å². The van der Waals surface area contributed by atoms with Gasteiger partial charge in [0.05, 0.1) is 0 Å². The number of benzene rings is 1. The van der Waals surface area contributed by atoms with Crippen molar-refractivity contribution in [2.75, 3.05) is 13.6 Å². The minimum absolute atomic E-state index is 0.498. The third-order valence-corrected chi connectivity index (χ3v) is 5.35. The number of guanidine groups is 1. The normalized spacial score (nSPS) is 11.6. The van der Waals surface area contributed by atoms with Gasteiger partial charge in [-0.05, 0) is 30.4 Å². The number of rotatable bonds is 7. The predicted molar refractivity (Wildman–Crippen MR) is 111 cm³/mol. The molecule has 0 saturated heterocycles. The molecule has 27 heavy (non-hydrogen) atoms. The van der Waals surface area contributed by atoms with Crippen LogP contribution in [-0.4, -0.2) is 39.2 Å². The predicted octanol–water partition coefficient (Wildman–Crippen LogP) is 3.01. The van der Waals surface area contributed by atoms with E-state index < -0.39 is 0 Å². The van der Waals surface area contributed by atoms with Gasteiger partial charge in [-0.3, -0.25) is 0 Å². The van der Waals surface area contributed by atoms with Crippen molar-refractivity contribution in [1.82, 2.24) is 25.0 Å². The van der Waals surface area contributed by atoms with Crippen molar-refractivity contribution in [2.45, 2.75) is 26.4 Å². The smallest absolute Gasteiger partial charge is 0.194 e. The van der Waals surface area contributed by atoms with Crippen LogP contribution in [0.15, 0.2) is 52.8 Å².